The van der Waals surface area contributed by atoms with Crippen molar-refractivity contribution in [3.63, 3.8) is 0 Å². The molecule has 2 N–H and O–H groups in total. The molecule has 0 spiro atoms. The second-order valence-electron chi connectivity index (χ2n) is 6.92. The number of halogens is 2. The molecule has 0 bridgehead atoms. The van der Waals surface area contributed by atoms with Gasteiger partial charge >= 0.3 is 6.03 Å². The van der Waals surface area contributed by atoms with Crippen molar-refractivity contribution in [2.75, 3.05) is 17.3 Å². The number of benzodiazepines with no additional fused rings is 1. The zero-order valence-corrected chi connectivity index (χ0v) is 16.5. The fourth-order valence-corrected chi connectivity index (χ4v) is 3.36. The van der Waals surface area contributed by atoms with Crippen molar-refractivity contribution < 1.29 is 18.4 Å². The van der Waals surface area contributed by atoms with Gasteiger partial charge in [-0.3, -0.25) is 4.79 Å². The number of likely N-dealkylation sites (N-methyl/N-ethyl adjacent to an activating group) is 1. The molecule has 0 saturated heterocycles. The van der Waals surface area contributed by atoms with Crippen molar-refractivity contribution in [1.82, 2.24) is 5.32 Å². The minimum Gasteiger partial charge on any atom is -0.311 e. The number of fused-ring (bicyclic) bond motifs is 1. The third-order valence-corrected chi connectivity index (χ3v) is 4.78. The first kappa shape index (κ1) is 20.2. The minimum absolute atomic E-state index is 0.0834. The summed E-state index contributed by atoms with van der Waals surface area (Å²) in [5.41, 5.74) is 2.61. The van der Waals surface area contributed by atoms with Crippen molar-refractivity contribution in [1.29, 1.82) is 0 Å². The molecule has 1 heterocycles. The first-order chi connectivity index (χ1) is 14.9. The van der Waals surface area contributed by atoms with E-state index in [2.05, 4.69) is 15.6 Å². The van der Waals surface area contributed by atoms with E-state index in [0.717, 1.165) is 23.3 Å². The van der Waals surface area contributed by atoms with Gasteiger partial charge in [0.2, 0.25) is 6.17 Å². The number of aliphatic imine (C=N–C) groups is 1. The summed E-state index contributed by atoms with van der Waals surface area (Å²) in [4.78, 5) is 31.5. The number of para-hydroxylation sites is 1. The topological polar surface area (TPSA) is 73.8 Å². The Hall–Kier alpha value is -4.07. The molecule has 0 aromatic heterocycles. The lowest BCUT2D eigenvalue weighted by atomic mass is 10.0. The summed E-state index contributed by atoms with van der Waals surface area (Å²) in [6.45, 7) is 0. The molecule has 6 nitrogen and oxygen atoms in total. The first-order valence-corrected chi connectivity index (χ1v) is 9.46. The highest BCUT2D eigenvalue weighted by molar-refractivity contribution is 6.20. The number of rotatable bonds is 3. The van der Waals surface area contributed by atoms with Crippen LogP contribution in [0.2, 0.25) is 0 Å². The normalized spacial score (nSPS) is 15.6. The Morgan fingerprint density at radius 2 is 1.61 bits per heavy atom. The molecule has 31 heavy (non-hydrogen) atoms. The summed E-state index contributed by atoms with van der Waals surface area (Å²) in [7, 11) is 1.60. The Kier molecular flexibility index (Phi) is 5.44. The van der Waals surface area contributed by atoms with Gasteiger partial charge in [-0.1, -0.05) is 48.5 Å². The lowest BCUT2D eigenvalue weighted by molar-refractivity contribution is -0.119. The van der Waals surface area contributed by atoms with E-state index in [-0.39, 0.29) is 5.69 Å². The van der Waals surface area contributed by atoms with Gasteiger partial charge < -0.3 is 15.5 Å². The van der Waals surface area contributed by atoms with E-state index in [0.29, 0.717) is 17.5 Å². The molecule has 8 heteroatoms. The van der Waals surface area contributed by atoms with Crippen molar-refractivity contribution in [3.8, 4) is 0 Å². The van der Waals surface area contributed by atoms with Crippen LogP contribution in [-0.4, -0.2) is 30.9 Å². The highest BCUT2D eigenvalue weighted by atomic mass is 19.1. The predicted molar refractivity (Wildman–Crippen MR) is 114 cm³/mol. The standard InChI is InChI=1S/C23H18F2N4O2/c1-29-19-10-6-5-9-18(19)20(14-7-3-2-4-8-14)27-21(22(29)30)28-23(31)26-17-12-15(24)11-16(25)13-17/h2-13,21H,1H3,(H2,26,28,31). The van der Waals surface area contributed by atoms with Crippen molar-refractivity contribution in [2.24, 2.45) is 4.99 Å². The number of hydrogen-bond donors (Lipinski definition) is 2. The van der Waals surface area contributed by atoms with Gasteiger partial charge in [-0.15, -0.1) is 0 Å². The molecule has 156 valence electrons. The molecule has 0 aliphatic carbocycles. The number of urea groups is 1. The Balaban J connectivity index is 1.68. The fraction of sp³-hybridized carbons (Fsp3) is 0.0870. The van der Waals surface area contributed by atoms with E-state index in [9.17, 15) is 18.4 Å². The van der Waals surface area contributed by atoms with Crippen LogP contribution in [0.5, 0.6) is 0 Å². The van der Waals surface area contributed by atoms with Crippen LogP contribution >= 0.6 is 0 Å². The second kappa shape index (κ2) is 8.35. The summed E-state index contributed by atoms with van der Waals surface area (Å²) < 4.78 is 26.8. The van der Waals surface area contributed by atoms with E-state index in [1.54, 1.807) is 13.1 Å². The Bertz CT molecular complexity index is 1160. The third kappa shape index (κ3) is 4.28. The quantitative estimate of drug-likeness (QED) is 0.674. The molecular formula is C23H18F2N4O2. The van der Waals surface area contributed by atoms with E-state index < -0.39 is 29.7 Å². The maximum atomic E-state index is 13.4. The van der Waals surface area contributed by atoms with Crippen LogP contribution in [0.25, 0.3) is 0 Å². The maximum absolute atomic E-state index is 13.4. The van der Waals surface area contributed by atoms with Crippen LogP contribution in [0, 0.1) is 11.6 Å². The molecular weight excluding hydrogens is 402 g/mol. The molecule has 4 rings (SSSR count). The molecule has 3 aromatic rings. The molecule has 3 amide bonds. The monoisotopic (exact) mass is 420 g/mol. The molecule has 1 atom stereocenters. The highest BCUT2D eigenvalue weighted by Crippen LogP contribution is 2.27. The number of carbonyl (C=O) groups excluding carboxylic acids is 2. The van der Waals surface area contributed by atoms with Crippen LogP contribution in [0.15, 0.2) is 77.8 Å². The number of amides is 3. The van der Waals surface area contributed by atoms with Crippen molar-refractivity contribution in [2.45, 2.75) is 6.17 Å². The maximum Gasteiger partial charge on any atom is 0.321 e. The van der Waals surface area contributed by atoms with Crippen molar-refractivity contribution >= 4 is 29.0 Å². The van der Waals surface area contributed by atoms with Crippen LogP contribution in [-0.2, 0) is 4.79 Å². The highest BCUT2D eigenvalue weighted by Gasteiger charge is 2.30. The first-order valence-electron chi connectivity index (χ1n) is 9.46. The lowest BCUT2D eigenvalue weighted by Gasteiger charge is -2.21. The van der Waals surface area contributed by atoms with Gasteiger partial charge in [-0.05, 0) is 18.2 Å². The molecule has 0 fully saturated rings. The van der Waals surface area contributed by atoms with Crippen LogP contribution in [0.4, 0.5) is 25.0 Å². The Labute approximate surface area is 177 Å². The largest absolute Gasteiger partial charge is 0.321 e. The van der Waals surface area contributed by atoms with Gasteiger partial charge in [0.15, 0.2) is 0 Å². The molecule has 0 saturated carbocycles. The van der Waals surface area contributed by atoms with Gasteiger partial charge in [0.05, 0.1) is 11.4 Å². The van der Waals surface area contributed by atoms with Crippen molar-refractivity contribution in [3.05, 3.63) is 95.6 Å². The van der Waals surface area contributed by atoms with Crippen LogP contribution in [0.3, 0.4) is 0 Å². The van der Waals surface area contributed by atoms with E-state index >= 15 is 0 Å². The van der Waals surface area contributed by atoms with Crippen LogP contribution in [0.1, 0.15) is 11.1 Å². The zero-order valence-electron chi connectivity index (χ0n) is 16.5. The number of nitrogens with one attached hydrogen (secondary N) is 2. The predicted octanol–water partition coefficient (Wildman–Crippen LogP) is 3.93. The van der Waals surface area contributed by atoms with Gasteiger partial charge in [0, 0.05) is 29.9 Å². The molecule has 0 radical (unpaired) electrons. The van der Waals surface area contributed by atoms with E-state index in [1.165, 1.54) is 4.90 Å². The average molecular weight is 420 g/mol. The minimum atomic E-state index is -1.24. The lowest BCUT2D eigenvalue weighted by Crippen LogP contribution is -2.47. The van der Waals surface area contributed by atoms with E-state index in [1.807, 2.05) is 48.5 Å². The number of carbonyl (C=O) groups is 2. The number of anilines is 2. The number of hydrogen-bond acceptors (Lipinski definition) is 3. The number of benzene rings is 3. The summed E-state index contributed by atoms with van der Waals surface area (Å²) in [6.07, 6.45) is -1.24. The molecule has 1 aliphatic heterocycles. The zero-order chi connectivity index (χ0) is 22.0. The third-order valence-electron chi connectivity index (χ3n) is 4.78. The smallest absolute Gasteiger partial charge is 0.311 e. The summed E-state index contributed by atoms with van der Waals surface area (Å²) >= 11 is 0. The summed E-state index contributed by atoms with van der Waals surface area (Å²) in [6, 6.07) is 18.4. The fourth-order valence-electron chi connectivity index (χ4n) is 3.36. The van der Waals surface area contributed by atoms with Gasteiger partial charge in [0.25, 0.3) is 5.91 Å². The SMILES string of the molecule is CN1C(=O)C(NC(=O)Nc2cc(F)cc(F)c2)N=C(c2ccccc2)c2ccccc21. The molecule has 1 unspecified atom stereocenters. The van der Waals surface area contributed by atoms with Crippen LogP contribution < -0.4 is 15.5 Å². The Morgan fingerprint density at radius 3 is 2.32 bits per heavy atom. The van der Waals surface area contributed by atoms with Gasteiger partial charge in [-0.25, -0.2) is 18.6 Å². The molecule has 3 aromatic carbocycles. The van der Waals surface area contributed by atoms with E-state index in [4.69, 9.17) is 0 Å². The van der Waals surface area contributed by atoms with Gasteiger partial charge in [-0.2, -0.15) is 0 Å². The summed E-state index contributed by atoms with van der Waals surface area (Å²) in [5.74, 6) is -2.13. The summed E-state index contributed by atoms with van der Waals surface area (Å²) in [5, 5.41) is 4.82. The molecule has 1 aliphatic rings. The second-order valence-corrected chi connectivity index (χ2v) is 6.92. The number of nitrogens with zero attached hydrogens (tertiary/aromatic N) is 2. The Morgan fingerprint density at radius 1 is 0.968 bits per heavy atom. The van der Waals surface area contributed by atoms with Gasteiger partial charge in [0.1, 0.15) is 11.6 Å². The average Bonchev–Trinajstić information content (AvgIpc) is 2.84.